The van der Waals surface area contributed by atoms with Gasteiger partial charge in [-0.2, -0.15) is 0 Å². The molecule has 1 aromatic carbocycles. The van der Waals surface area contributed by atoms with Gasteiger partial charge in [0.2, 0.25) is 5.82 Å². The van der Waals surface area contributed by atoms with Gasteiger partial charge in [-0.25, -0.2) is 9.67 Å². The van der Waals surface area contributed by atoms with Crippen LogP contribution in [0.2, 0.25) is 5.02 Å². The van der Waals surface area contributed by atoms with Crippen LogP contribution in [0.5, 0.6) is 0 Å². The summed E-state index contributed by atoms with van der Waals surface area (Å²) >= 11 is 6.26. The Bertz CT molecular complexity index is 726. The zero-order chi connectivity index (χ0) is 17.1. The number of nitrogens with one attached hydrogen (secondary N) is 1. The number of carbonyl (C=O) groups excluding carboxylic acids is 1. The van der Waals surface area contributed by atoms with Crippen LogP contribution in [-0.2, 0) is 6.42 Å². The van der Waals surface area contributed by atoms with Gasteiger partial charge in [-0.1, -0.05) is 30.7 Å². The van der Waals surface area contributed by atoms with Crippen LogP contribution in [0.3, 0.4) is 0 Å². The molecule has 1 heterocycles. The fourth-order valence-corrected chi connectivity index (χ4v) is 2.84. The topological polar surface area (TPSA) is 85.8 Å². The van der Waals surface area contributed by atoms with E-state index in [9.17, 15) is 4.79 Å². The molecule has 128 valence electrons. The van der Waals surface area contributed by atoms with Gasteiger partial charge < -0.3 is 11.1 Å². The maximum atomic E-state index is 12.3. The highest BCUT2D eigenvalue weighted by Gasteiger charge is 2.29. The van der Waals surface area contributed by atoms with E-state index in [0.29, 0.717) is 23.9 Å². The summed E-state index contributed by atoms with van der Waals surface area (Å²) in [5.74, 6) is 1.12. The molecule has 3 N–H and O–H groups in total. The molecule has 0 bridgehead atoms. The number of nitrogens with two attached hydrogens (primary N) is 1. The van der Waals surface area contributed by atoms with Crippen molar-refractivity contribution in [1.29, 1.82) is 0 Å². The molecule has 0 radical (unpaired) electrons. The average molecular weight is 348 g/mol. The molecular formula is C17H22ClN5O. The van der Waals surface area contributed by atoms with Gasteiger partial charge in [0.05, 0.1) is 10.7 Å². The normalized spacial score (nSPS) is 15.3. The molecule has 1 fully saturated rings. The molecule has 1 amide bonds. The number of nitrogens with zero attached hydrogens (tertiary/aromatic N) is 3. The first kappa shape index (κ1) is 16.9. The van der Waals surface area contributed by atoms with E-state index >= 15 is 0 Å². The standard InChI is InChI=1S/C17H22ClN5O/c1-2-5-15-21-16(17(24)20-10-13(19)11-8-9-11)22-23(15)14-7-4-3-6-12(14)18/h3-4,6-7,11,13H,2,5,8-10,19H2,1H3,(H,20,24). The van der Waals surface area contributed by atoms with Crippen molar-refractivity contribution in [2.75, 3.05) is 6.54 Å². The second-order valence-corrected chi connectivity index (χ2v) is 6.58. The number of hydrogen-bond donors (Lipinski definition) is 2. The van der Waals surface area contributed by atoms with Crippen molar-refractivity contribution < 1.29 is 4.79 Å². The number of benzene rings is 1. The molecule has 7 heteroatoms. The highest BCUT2D eigenvalue weighted by Crippen LogP contribution is 2.31. The summed E-state index contributed by atoms with van der Waals surface area (Å²) in [6.07, 6.45) is 3.91. The first-order chi connectivity index (χ1) is 11.6. The minimum atomic E-state index is -0.297. The fourth-order valence-electron chi connectivity index (χ4n) is 2.62. The highest BCUT2D eigenvalue weighted by molar-refractivity contribution is 6.32. The van der Waals surface area contributed by atoms with Crippen LogP contribution in [0, 0.1) is 5.92 Å². The zero-order valence-electron chi connectivity index (χ0n) is 13.7. The number of amides is 1. The third kappa shape index (κ3) is 3.76. The number of rotatable bonds is 7. The summed E-state index contributed by atoms with van der Waals surface area (Å²) in [7, 11) is 0. The lowest BCUT2D eigenvalue weighted by Crippen LogP contribution is -2.38. The van der Waals surface area contributed by atoms with Gasteiger partial charge in [0, 0.05) is 19.0 Å². The Morgan fingerprint density at radius 3 is 2.88 bits per heavy atom. The van der Waals surface area contributed by atoms with Crippen molar-refractivity contribution in [2.24, 2.45) is 11.7 Å². The maximum absolute atomic E-state index is 12.3. The summed E-state index contributed by atoms with van der Waals surface area (Å²) in [4.78, 5) is 16.7. The number of aromatic nitrogens is 3. The number of hydrogen-bond acceptors (Lipinski definition) is 4. The van der Waals surface area contributed by atoms with Gasteiger partial charge >= 0.3 is 0 Å². The lowest BCUT2D eigenvalue weighted by atomic mass is 10.2. The van der Waals surface area contributed by atoms with Gasteiger partial charge in [-0.05, 0) is 37.3 Å². The van der Waals surface area contributed by atoms with Gasteiger partial charge in [0.15, 0.2) is 0 Å². The lowest BCUT2D eigenvalue weighted by molar-refractivity contribution is 0.0940. The second kappa shape index (κ2) is 7.32. The van der Waals surface area contributed by atoms with Gasteiger partial charge in [-0.3, -0.25) is 4.79 Å². The molecule has 0 aliphatic heterocycles. The van der Waals surface area contributed by atoms with Crippen molar-refractivity contribution in [3.8, 4) is 5.69 Å². The van der Waals surface area contributed by atoms with E-state index in [4.69, 9.17) is 17.3 Å². The Hall–Kier alpha value is -1.92. The van der Waals surface area contributed by atoms with E-state index in [0.717, 1.165) is 30.8 Å². The van der Waals surface area contributed by atoms with Crippen molar-refractivity contribution in [3.05, 3.63) is 40.9 Å². The number of halogens is 1. The predicted molar refractivity (Wildman–Crippen MR) is 93.4 cm³/mol. The lowest BCUT2D eigenvalue weighted by Gasteiger charge is -2.10. The minimum absolute atomic E-state index is 0.00900. The summed E-state index contributed by atoms with van der Waals surface area (Å²) in [6.45, 7) is 2.51. The van der Waals surface area contributed by atoms with E-state index in [1.54, 1.807) is 10.7 Å². The van der Waals surface area contributed by atoms with Gasteiger partial charge in [0.25, 0.3) is 5.91 Å². The summed E-state index contributed by atoms with van der Waals surface area (Å²) < 4.78 is 1.65. The van der Waals surface area contributed by atoms with E-state index in [1.165, 1.54) is 0 Å². The Morgan fingerprint density at radius 2 is 2.21 bits per heavy atom. The van der Waals surface area contributed by atoms with Crippen LogP contribution in [0.1, 0.15) is 42.6 Å². The summed E-state index contributed by atoms with van der Waals surface area (Å²) in [5.41, 5.74) is 6.75. The van der Waals surface area contributed by atoms with Crippen LogP contribution >= 0.6 is 11.6 Å². The largest absolute Gasteiger partial charge is 0.348 e. The molecule has 1 saturated carbocycles. The molecule has 1 aliphatic rings. The van der Waals surface area contributed by atoms with Crippen molar-refractivity contribution in [2.45, 2.75) is 38.6 Å². The van der Waals surface area contributed by atoms with Crippen molar-refractivity contribution >= 4 is 17.5 Å². The molecule has 0 saturated heterocycles. The van der Waals surface area contributed by atoms with Crippen LogP contribution < -0.4 is 11.1 Å². The van der Waals surface area contributed by atoms with Crippen molar-refractivity contribution in [3.63, 3.8) is 0 Å². The molecule has 6 nitrogen and oxygen atoms in total. The molecule has 2 aromatic rings. The van der Waals surface area contributed by atoms with Crippen LogP contribution in [0.25, 0.3) is 5.69 Å². The van der Waals surface area contributed by atoms with E-state index < -0.39 is 0 Å². The first-order valence-corrected chi connectivity index (χ1v) is 8.72. The Labute approximate surface area is 146 Å². The first-order valence-electron chi connectivity index (χ1n) is 8.34. The molecule has 3 rings (SSSR count). The summed E-state index contributed by atoms with van der Waals surface area (Å²) in [6, 6.07) is 7.40. The smallest absolute Gasteiger partial charge is 0.291 e. The SMILES string of the molecule is CCCc1nc(C(=O)NCC(N)C2CC2)nn1-c1ccccc1Cl. The Balaban J connectivity index is 1.80. The average Bonchev–Trinajstić information content (AvgIpc) is 3.35. The third-order valence-electron chi connectivity index (χ3n) is 4.16. The molecular weight excluding hydrogens is 326 g/mol. The highest BCUT2D eigenvalue weighted by atomic mass is 35.5. The van der Waals surface area contributed by atoms with Gasteiger partial charge in [0.1, 0.15) is 5.82 Å². The molecule has 1 unspecified atom stereocenters. The van der Waals surface area contributed by atoms with Gasteiger partial charge in [-0.15, -0.1) is 5.10 Å². The van der Waals surface area contributed by atoms with E-state index in [2.05, 4.69) is 22.3 Å². The minimum Gasteiger partial charge on any atom is -0.348 e. The van der Waals surface area contributed by atoms with E-state index in [-0.39, 0.29) is 17.8 Å². The van der Waals surface area contributed by atoms with Crippen molar-refractivity contribution in [1.82, 2.24) is 20.1 Å². The predicted octanol–water partition coefficient (Wildman–Crippen LogP) is 2.34. The quantitative estimate of drug-likeness (QED) is 0.805. The molecule has 24 heavy (non-hydrogen) atoms. The number of aryl methyl sites for hydroxylation is 1. The Kier molecular flexibility index (Phi) is 5.16. The number of carbonyl (C=O) groups is 1. The molecule has 0 spiro atoms. The number of para-hydroxylation sites is 1. The molecule has 1 aliphatic carbocycles. The monoisotopic (exact) mass is 347 g/mol. The fraction of sp³-hybridized carbons (Fsp3) is 0.471. The van der Waals surface area contributed by atoms with E-state index in [1.807, 2.05) is 18.2 Å². The second-order valence-electron chi connectivity index (χ2n) is 6.18. The summed E-state index contributed by atoms with van der Waals surface area (Å²) in [5, 5.41) is 7.77. The molecule has 1 atom stereocenters. The molecule has 1 aromatic heterocycles. The van der Waals surface area contributed by atoms with Crippen LogP contribution in [0.4, 0.5) is 0 Å². The zero-order valence-corrected chi connectivity index (χ0v) is 14.5. The van der Waals surface area contributed by atoms with Crippen LogP contribution in [-0.4, -0.2) is 33.3 Å². The Morgan fingerprint density at radius 1 is 1.46 bits per heavy atom. The maximum Gasteiger partial charge on any atom is 0.291 e. The third-order valence-corrected chi connectivity index (χ3v) is 4.48. The van der Waals surface area contributed by atoms with Crippen LogP contribution in [0.15, 0.2) is 24.3 Å².